The fraction of sp³-hybridized carbons (Fsp3) is 0.588. The van der Waals surface area contributed by atoms with Crippen molar-refractivity contribution in [2.75, 3.05) is 38.1 Å². The highest BCUT2D eigenvalue weighted by Gasteiger charge is 2.23. The first-order valence-electron chi connectivity index (χ1n) is 7.91. The van der Waals surface area contributed by atoms with Gasteiger partial charge in [-0.25, -0.2) is 0 Å². The zero-order valence-corrected chi connectivity index (χ0v) is 13.4. The fourth-order valence-corrected chi connectivity index (χ4v) is 3.06. The number of likely N-dealkylation sites (N-methyl/N-ethyl adjacent to an activating group) is 2. The summed E-state index contributed by atoms with van der Waals surface area (Å²) in [5, 5.41) is 3.32. The normalized spacial score (nSPS) is 19.5. The van der Waals surface area contributed by atoms with Gasteiger partial charge in [0.05, 0.1) is 6.54 Å². The lowest BCUT2D eigenvalue weighted by molar-refractivity contribution is -0.120. The maximum Gasteiger partial charge on any atom is 0.241 e. The molecule has 0 radical (unpaired) electrons. The highest BCUT2D eigenvalue weighted by atomic mass is 16.2. The molecule has 1 aromatic rings. The molecule has 1 aliphatic rings. The van der Waals surface area contributed by atoms with Gasteiger partial charge in [0.15, 0.2) is 0 Å². The maximum atomic E-state index is 12.7. The lowest BCUT2D eigenvalue weighted by atomic mass is 10.1. The largest absolute Gasteiger partial charge is 0.316 e. The molecule has 1 atom stereocenters. The van der Waals surface area contributed by atoms with Crippen molar-refractivity contribution >= 4 is 11.6 Å². The molecule has 1 unspecified atom stereocenters. The Morgan fingerprint density at radius 1 is 1.43 bits per heavy atom. The van der Waals surface area contributed by atoms with Crippen LogP contribution in [-0.4, -0.2) is 50.1 Å². The minimum atomic E-state index is 0.198. The quantitative estimate of drug-likeness (QED) is 0.901. The SMILES string of the molecule is CCN(C(=O)CN1CCCC(NC)C1)c1ccccc1C. The Kier molecular flexibility index (Phi) is 5.76. The maximum absolute atomic E-state index is 12.7. The van der Waals surface area contributed by atoms with Crippen molar-refractivity contribution in [3.8, 4) is 0 Å². The summed E-state index contributed by atoms with van der Waals surface area (Å²) in [5.74, 6) is 0.198. The van der Waals surface area contributed by atoms with Gasteiger partial charge in [-0.1, -0.05) is 18.2 Å². The van der Waals surface area contributed by atoms with E-state index >= 15 is 0 Å². The summed E-state index contributed by atoms with van der Waals surface area (Å²) in [6.45, 7) is 7.32. The lowest BCUT2D eigenvalue weighted by Gasteiger charge is -2.33. The Bertz CT molecular complexity index is 475. The molecule has 4 heteroatoms. The number of nitrogens with one attached hydrogen (secondary N) is 1. The number of nitrogens with zero attached hydrogens (tertiary/aromatic N) is 2. The first-order valence-corrected chi connectivity index (χ1v) is 7.91. The van der Waals surface area contributed by atoms with Crippen LogP contribution in [0.1, 0.15) is 25.3 Å². The Hall–Kier alpha value is -1.39. The number of carbonyl (C=O) groups excluding carboxylic acids is 1. The molecule has 1 N–H and O–H groups in total. The third kappa shape index (κ3) is 4.05. The van der Waals surface area contributed by atoms with Gasteiger partial charge < -0.3 is 10.2 Å². The zero-order valence-electron chi connectivity index (χ0n) is 13.4. The van der Waals surface area contributed by atoms with E-state index in [4.69, 9.17) is 0 Å². The first kappa shape index (κ1) is 16.0. The number of rotatable bonds is 5. The molecule has 4 nitrogen and oxygen atoms in total. The van der Waals surface area contributed by atoms with E-state index in [1.807, 2.05) is 37.1 Å². The molecule has 1 saturated heterocycles. The minimum Gasteiger partial charge on any atom is -0.316 e. The highest BCUT2D eigenvalue weighted by Crippen LogP contribution is 2.20. The number of amides is 1. The molecule has 1 amide bonds. The molecule has 1 heterocycles. The summed E-state index contributed by atoms with van der Waals surface area (Å²) in [6.07, 6.45) is 2.37. The van der Waals surface area contributed by atoms with Gasteiger partial charge in [0.1, 0.15) is 0 Å². The fourth-order valence-electron chi connectivity index (χ4n) is 3.06. The van der Waals surface area contributed by atoms with Crippen LogP contribution in [0.25, 0.3) is 0 Å². The number of anilines is 1. The molecule has 116 valence electrons. The standard InChI is InChI=1S/C17H27N3O/c1-4-20(16-10-6-5-8-14(16)2)17(21)13-19-11-7-9-15(12-19)18-3/h5-6,8,10,15,18H,4,7,9,11-13H2,1-3H3. The van der Waals surface area contributed by atoms with Crippen molar-refractivity contribution in [3.63, 3.8) is 0 Å². The van der Waals surface area contributed by atoms with Crippen LogP contribution in [0.5, 0.6) is 0 Å². The van der Waals surface area contributed by atoms with Crippen molar-refractivity contribution in [3.05, 3.63) is 29.8 Å². The summed E-state index contributed by atoms with van der Waals surface area (Å²) in [5.41, 5.74) is 2.19. The van der Waals surface area contributed by atoms with Gasteiger partial charge in [-0.05, 0) is 51.9 Å². The third-order valence-corrected chi connectivity index (χ3v) is 4.30. The minimum absolute atomic E-state index is 0.198. The molecule has 2 rings (SSSR count). The summed E-state index contributed by atoms with van der Waals surface area (Å²) >= 11 is 0. The molecule has 1 aliphatic heterocycles. The van der Waals surface area contributed by atoms with E-state index in [1.54, 1.807) is 0 Å². The van der Waals surface area contributed by atoms with Gasteiger partial charge in [-0.3, -0.25) is 9.69 Å². The smallest absolute Gasteiger partial charge is 0.241 e. The number of piperidine rings is 1. The van der Waals surface area contributed by atoms with Crippen molar-refractivity contribution in [1.82, 2.24) is 10.2 Å². The highest BCUT2D eigenvalue weighted by molar-refractivity contribution is 5.95. The van der Waals surface area contributed by atoms with E-state index in [2.05, 4.69) is 23.2 Å². The van der Waals surface area contributed by atoms with Crippen molar-refractivity contribution in [2.24, 2.45) is 0 Å². The molecular weight excluding hydrogens is 262 g/mol. The summed E-state index contributed by atoms with van der Waals surface area (Å²) in [4.78, 5) is 16.8. The number of likely N-dealkylation sites (tertiary alicyclic amines) is 1. The van der Waals surface area contributed by atoms with Gasteiger partial charge >= 0.3 is 0 Å². The summed E-state index contributed by atoms with van der Waals surface area (Å²) in [7, 11) is 2.00. The topological polar surface area (TPSA) is 35.6 Å². The number of carbonyl (C=O) groups is 1. The van der Waals surface area contributed by atoms with Crippen molar-refractivity contribution in [2.45, 2.75) is 32.7 Å². The molecular formula is C17H27N3O. The molecule has 0 aliphatic carbocycles. The van der Waals surface area contributed by atoms with Crippen LogP contribution in [0.2, 0.25) is 0 Å². The Morgan fingerprint density at radius 2 is 2.19 bits per heavy atom. The van der Waals surface area contributed by atoms with Crippen molar-refractivity contribution in [1.29, 1.82) is 0 Å². The predicted molar refractivity (Wildman–Crippen MR) is 87.7 cm³/mol. The summed E-state index contributed by atoms with van der Waals surface area (Å²) in [6, 6.07) is 8.61. The second-order valence-corrected chi connectivity index (χ2v) is 5.79. The average molecular weight is 289 g/mol. The van der Waals surface area contributed by atoms with Gasteiger partial charge in [0.2, 0.25) is 5.91 Å². The van der Waals surface area contributed by atoms with Crippen LogP contribution < -0.4 is 10.2 Å². The number of hydrogen-bond donors (Lipinski definition) is 1. The second-order valence-electron chi connectivity index (χ2n) is 5.79. The second kappa shape index (κ2) is 7.57. The molecule has 0 saturated carbocycles. The Balaban J connectivity index is 2.02. The number of para-hydroxylation sites is 1. The molecule has 1 fully saturated rings. The van der Waals surface area contributed by atoms with E-state index in [9.17, 15) is 4.79 Å². The predicted octanol–water partition coefficient (Wildman–Crippen LogP) is 2.03. The number of aryl methyl sites for hydroxylation is 1. The third-order valence-electron chi connectivity index (χ3n) is 4.30. The molecule has 0 spiro atoms. The molecule has 1 aromatic carbocycles. The van der Waals surface area contributed by atoms with E-state index in [0.717, 1.165) is 30.8 Å². The monoisotopic (exact) mass is 289 g/mol. The van der Waals surface area contributed by atoms with Gasteiger partial charge in [-0.2, -0.15) is 0 Å². The zero-order chi connectivity index (χ0) is 15.2. The van der Waals surface area contributed by atoms with Gasteiger partial charge in [0, 0.05) is 24.8 Å². The summed E-state index contributed by atoms with van der Waals surface area (Å²) < 4.78 is 0. The molecule has 0 bridgehead atoms. The van der Waals surface area contributed by atoms with E-state index in [0.29, 0.717) is 19.1 Å². The van der Waals surface area contributed by atoms with E-state index in [1.165, 1.54) is 6.42 Å². The Labute approximate surface area is 128 Å². The number of benzene rings is 1. The van der Waals surface area contributed by atoms with E-state index < -0.39 is 0 Å². The van der Waals surface area contributed by atoms with Crippen LogP contribution in [-0.2, 0) is 4.79 Å². The molecule has 21 heavy (non-hydrogen) atoms. The number of hydrogen-bond acceptors (Lipinski definition) is 3. The van der Waals surface area contributed by atoms with Gasteiger partial charge in [-0.15, -0.1) is 0 Å². The molecule has 0 aromatic heterocycles. The van der Waals surface area contributed by atoms with Gasteiger partial charge in [0.25, 0.3) is 0 Å². The average Bonchev–Trinajstić information content (AvgIpc) is 2.50. The lowest BCUT2D eigenvalue weighted by Crippen LogP contribution is -2.48. The van der Waals surface area contributed by atoms with Crippen molar-refractivity contribution < 1.29 is 4.79 Å². The van der Waals surface area contributed by atoms with Crippen LogP contribution >= 0.6 is 0 Å². The van der Waals surface area contributed by atoms with Crippen LogP contribution in [0.15, 0.2) is 24.3 Å². The Morgan fingerprint density at radius 3 is 2.86 bits per heavy atom. The van der Waals surface area contributed by atoms with E-state index in [-0.39, 0.29) is 5.91 Å². The van der Waals surface area contributed by atoms with Crippen LogP contribution in [0.3, 0.4) is 0 Å². The first-order chi connectivity index (χ1) is 10.2. The van der Waals surface area contributed by atoms with Crippen LogP contribution in [0, 0.1) is 6.92 Å². The van der Waals surface area contributed by atoms with Crippen LogP contribution in [0.4, 0.5) is 5.69 Å².